The van der Waals surface area contributed by atoms with E-state index >= 15 is 0 Å². The molecule has 0 saturated heterocycles. The lowest BCUT2D eigenvalue weighted by Gasteiger charge is -2.36. The Morgan fingerprint density at radius 2 is 1.69 bits per heavy atom. The summed E-state index contributed by atoms with van der Waals surface area (Å²) >= 11 is 6.37. The van der Waals surface area contributed by atoms with Crippen molar-refractivity contribution in [3.63, 3.8) is 0 Å². The van der Waals surface area contributed by atoms with Gasteiger partial charge in [-0.15, -0.1) is 10.2 Å². The van der Waals surface area contributed by atoms with Gasteiger partial charge < -0.3 is 0 Å². The Balaban J connectivity index is 1.58. The minimum atomic E-state index is 0.659. The van der Waals surface area contributed by atoms with Gasteiger partial charge in [0.25, 0.3) is 0 Å². The average molecular weight is 366 g/mol. The summed E-state index contributed by atoms with van der Waals surface area (Å²) in [5.41, 5.74) is 3.18. The Morgan fingerprint density at radius 1 is 0.923 bits per heavy atom. The Hall–Kier alpha value is -2.90. The number of halogens is 1. The lowest BCUT2D eigenvalue weighted by Crippen LogP contribution is -2.46. The fourth-order valence-electron chi connectivity index (χ4n) is 3.36. The molecule has 8 heteroatoms. The molecule has 0 atom stereocenters. The van der Waals surface area contributed by atoms with E-state index in [0.29, 0.717) is 6.67 Å². The second-order valence-corrected chi connectivity index (χ2v) is 6.68. The van der Waals surface area contributed by atoms with Gasteiger partial charge in [-0.05, 0) is 23.8 Å². The van der Waals surface area contributed by atoms with E-state index in [4.69, 9.17) is 16.6 Å². The van der Waals surface area contributed by atoms with E-state index < -0.39 is 0 Å². The first-order valence-corrected chi connectivity index (χ1v) is 8.71. The van der Waals surface area contributed by atoms with Gasteiger partial charge in [-0.2, -0.15) is 0 Å². The maximum Gasteiger partial charge on any atom is 0.228 e. The second kappa shape index (κ2) is 6.12. The molecule has 3 heterocycles. The third-order valence-corrected chi connectivity index (χ3v) is 4.95. The van der Waals surface area contributed by atoms with E-state index in [9.17, 15) is 0 Å². The highest BCUT2D eigenvalue weighted by Crippen LogP contribution is 2.28. The van der Waals surface area contributed by atoms with Crippen LogP contribution in [0.2, 0.25) is 5.02 Å². The summed E-state index contributed by atoms with van der Waals surface area (Å²) < 4.78 is 4.06. The number of nitrogens with zero attached hydrogens (tertiary/aromatic N) is 7. The molecule has 1 aliphatic heterocycles. The fourth-order valence-corrected chi connectivity index (χ4v) is 3.56. The van der Waals surface area contributed by atoms with Crippen LogP contribution in [0.1, 0.15) is 5.56 Å². The number of imidazole rings is 1. The number of hydrogen-bond acceptors (Lipinski definition) is 5. The zero-order chi connectivity index (χ0) is 17.5. The van der Waals surface area contributed by atoms with Crippen molar-refractivity contribution in [1.82, 2.24) is 29.3 Å². The van der Waals surface area contributed by atoms with Gasteiger partial charge in [0.05, 0.1) is 24.4 Å². The molecule has 0 bridgehead atoms. The van der Waals surface area contributed by atoms with E-state index in [1.165, 1.54) is 0 Å². The summed E-state index contributed by atoms with van der Waals surface area (Å²) in [5.74, 6) is 0.876. The molecule has 0 spiro atoms. The molecule has 2 aromatic heterocycles. The van der Waals surface area contributed by atoms with Crippen LogP contribution in [0.4, 0.5) is 5.95 Å². The van der Waals surface area contributed by atoms with Crippen LogP contribution < -0.4 is 5.01 Å². The molecule has 0 radical (unpaired) electrons. The fraction of sp³-hybridized carbons (Fsp3) is 0.167. The summed E-state index contributed by atoms with van der Waals surface area (Å²) in [7, 11) is 0. The van der Waals surface area contributed by atoms with Crippen molar-refractivity contribution >= 4 is 28.6 Å². The summed E-state index contributed by atoms with van der Waals surface area (Å²) in [5, 5.41) is 10.7. The summed E-state index contributed by atoms with van der Waals surface area (Å²) in [6, 6.07) is 16.1. The number of hydrogen-bond donors (Lipinski definition) is 0. The number of fused-ring (bicyclic) bond motifs is 3. The van der Waals surface area contributed by atoms with E-state index in [-0.39, 0.29) is 0 Å². The van der Waals surface area contributed by atoms with Gasteiger partial charge in [-0.25, -0.2) is 14.7 Å². The predicted molar refractivity (Wildman–Crippen MR) is 99.5 cm³/mol. The van der Waals surface area contributed by atoms with E-state index in [1.807, 2.05) is 41.1 Å². The number of aromatic nitrogens is 5. The molecule has 0 saturated carbocycles. The normalized spacial score (nSPS) is 14.7. The summed E-state index contributed by atoms with van der Waals surface area (Å²) in [6.07, 6.45) is 3.37. The van der Waals surface area contributed by atoms with Crippen LogP contribution in [0.5, 0.6) is 0 Å². The monoisotopic (exact) mass is 365 g/mol. The van der Waals surface area contributed by atoms with Gasteiger partial charge in [0.15, 0.2) is 0 Å². The largest absolute Gasteiger partial charge is 0.295 e. The highest BCUT2D eigenvalue weighted by molar-refractivity contribution is 6.31. The SMILES string of the molecule is Clc1ccccc1CN1CN(n2cnnc2)c2nc3ccccc3n2C1. The van der Waals surface area contributed by atoms with Crippen LogP contribution >= 0.6 is 11.6 Å². The maximum atomic E-state index is 6.37. The molecule has 0 fully saturated rings. The van der Waals surface area contributed by atoms with Crippen molar-refractivity contribution in [1.29, 1.82) is 0 Å². The Labute approximate surface area is 155 Å². The summed E-state index contributed by atoms with van der Waals surface area (Å²) in [4.78, 5) is 7.12. The smallest absolute Gasteiger partial charge is 0.228 e. The third-order valence-electron chi connectivity index (χ3n) is 4.58. The number of benzene rings is 2. The van der Waals surface area contributed by atoms with Crippen molar-refractivity contribution in [2.45, 2.75) is 13.2 Å². The van der Waals surface area contributed by atoms with Crippen LogP contribution in [0.15, 0.2) is 61.2 Å². The Kier molecular flexibility index (Phi) is 3.62. The van der Waals surface area contributed by atoms with Crippen LogP contribution in [0.3, 0.4) is 0 Å². The molecule has 130 valence electrons. The maximum absolute atomic E-state index is 6.37. The highest BCUT2D eigenvalue weighted by atomic mass is 35.5. The van der Waals surface area contributed by atoms with Crippen molar-refractivity contribution < 1.29 is 0 Å². The van der Waals surface area contributed by atoms with Crippen molar-refractivity contribution in [3.05, 3.63) is 71.8 Å². The average Bonchev–Trinajstić information content (AvgIpc) is 3.31. The standard InChI is InChI=1S/C18H16ClN7/c19-15-6-2-1-5-14(15)9-23-12-25-17-8-4-3-7-16(17)22-18(25)26(13-23)24-10-20-21-11-24/h1-8,10-11H,9,12-13H2. The minimum Gasteiger partial charge on any atom is -0.295 e. The molecule has 0 aliphatic carbocycles. The number of para-hydroxylation sites is 2. The van der Waals surface area contributed by atoms with Crippen molar-refractivity contribution in [2.75, 3.05) is 11.7 Å². The third kappa shape index (κ3) is 2.53. The molecular formula is C18H16ClN7. The quantitative estimate of drug-likeness (QED) is 0.558. The Morgan fingerprint density at radius 3 is 2.54 bits per heavy atom. The van der Waals surface area contributed by atoms with Gasteiger partial charge in [0, 0.05) is 11.6 Å². The number of anilines is 1. The van der Waals surface area contributed by atoms with Crippen LogP contribution in [-0.2, 0) is 13.2 Å². The van der Waals surface area contributed by atoms with Crippen LogP contribution in [-0.4, -0.2) is 36.0 Å². The van der Waals surface area contributed by atoms with E-state index in [0.717, 1.165) is 40.8 Å². The first-order valence-electron chi connectivity index (χ1n) is 8.33. The first-order chi connectivity index (χ1) is 12.8. The zero-order valence-electron chi connectivity index (χ0n) is 13.9. The Bertz CT molecular complexity index is 1060. The van der Waals surface area contributed by atoms with Gasteiger partial charge >= 0.3 is 0 Å². The summed E-state index contributed by atoms with van der Waals surface area (Å²) in [6.45, 7) is 2.14. The van der Waals surface area contributed by atoms with E-state index in [1.54, 1.807) is 12.7 Å². The van der Waals surface area contributed by atoms with Gasteiger partial charge in [0.1, 0.15) is 12.7 Å². The number of rotatable bonds is 3. The van der Waals surface area contributed by atoms with Crippen LogP contribution in [0.25, 0.3) is 11.0 Å². The second-order valence-electron chi connectivity index (χ2n) is 6.27. The lowest BCUT2D eigenvalue weighted by atomic mass is 10.2. The molecule has 7 nitrogen and oxygen atoms in total. The predicted octanol–water partition coefficient (Wildman–Crippen LogP) is 2.98. The van der Waals surface area contributed by atoms with Crippen molar-refractivity contribution in [3.8, 4) is 0 Å². The zero-order valence-corrected chi connectivity index (χ0v) is 14.7. The minimum absolute atomic E-state index is 0.659. The van der Waals surface area contributed by atoms with E-state index in [2.05, 4.69) is 36.8 Å². The molecule has 1 aliphatic rings. The molecule has 0 unspecified atom stereocenters. The molecule has 5 rings (SSSR count). The first kappa shape index (κ1) is 15.4. The molecule has 26 heavy (non-hydrogen) atoms. The molecule has 4 aromatic rings. The van der Waals surface area contributed by atoms with Gasteiger partial charge in [-0.3, -0.25) is 9.47 Å². The molecule has 2 aromatic carbocycles. The topological polar surface area (TPSA) is 55.0 Å². The molecular weight excluding hydrogens is 350 g/mol. The molecule has 0 N–H and O–H groups in total. The van der Waals surface area contributed by atoms with Gasteiger partial charge in [0.2, 0.25) is 5.95 Å². The lowest BCUT2D eigenvalue weighted by molar-refractivity contribution is 0.183. The van der Waals surface area contributed by atoms with Crippen molar-refractivity contribution in [2.24, 2.45) is 0 Å². The van der Waals surface area contributed by atoms with Gasteiger partial charge in [-0.1, -0.05) is 41.9 Å². The highest BCUT2D eigenvalue weighted by Gasteiger charge is 2.27. The molecule has 0 amide bonds. The van der Waals surface area contributed by atoms with Crippen LogP contribution in [0, 0.1) is 0 Å².